The van der Waals surface area contributed by atoms with Gasteiger partial charge in [-0.05, 0) is 31.0 Å². The molecule has 0 radical (unpaired) electrons. The lowest BCUT2D eigenvalue weighted by Gasteiger charge is -2.09. The Balaban J connectivity index is 1.66. The van der Waals surface area contributed by atoms with Gasteiger partial charge in [0.15, 0.2) is 11.5 Å². The Morgan fingerprint density at radius 2 is 2.05 bits per heavy atom. The van der Waals surface area contributed by atoms with E-state index in [0.717, 1.165) is 29.3 Å². The van der Waals surface area contributed by atoms with Gasteiger partial charge in [0.1, 0.15) is 11.6 Å². The third-order valence-electron chi connectivity index (χ3n) is 3.18. The zero-order valence-electron chi connectivity index (χ0n) is 12.8. The number of aromatic nitrogens is 2. The minimum Gasteiger partial charge on any atom is -0.478 e. The van der Waals surface area contributed by atoms with Crippen molar-refractivity contribution >= 4 is 5.82 Å². The van der Waals surface area contributed by atoms with Crippen LogP contribution in [0.3, 0.4) is 0 Å². The van der Waals surface area contributed by atoms with Crippen LogP contribution in [0.2, 0.25) is 0 Å². The van der Waals surface area contributed by atoms with E-state index in [0.29, 0.717) is 24.9 Å². The Labute approximate surface area is 129 Å². The summed E-state index contributed by atoms with van der Waals surface area (Å²) in [5.74, 6) is 3.60. The average molecular weight is 301 g/mol. The molecule has 1 aliphatic rings. The lowest BCUT2D eigenvalue weighted by atomic mass is 10.2. The summed E-state index contributed by atoms with van der Waals surface area (Å²) in [6.45, 7) is 5.49. The Kier molecular flexibility index (Phi) is 4.27. The van der Waals surface area contributed by atoms with Gasteiger partial charge in [-0.1, -0.05) is 13.0 Å². The molecule has 2 heterocycles. The van der Waals surface area contributed by atoms with Crippen LogP contribution in [0.1, 0.15) is 24.7 Å². The van der Waals surface area contributed by atoms with E-state index in [9.17, 15) is 0 Å². The van der Waals surface area contributed by atoms with E-state index in [2.05, 4.69) is 22.2 Å². The van der Waals surface area contributed by atoms with Crippen molar-refractivity contribution in [1.29, 1.82) is 0 Å². The lowest BCUT2D eigenvalue weighted by Crippen LogP contribution is -2.05. The maximum absolute atomic E-state index is 5.56. The minimum atomic E-state index is 0.287. The van der Waals surface area contributed by atoms with Gasteiger partial charge in [0.25, 0.3) is 0 Å². The Bertz CT molecular complexity index is 661. The molecule has 1 N–H and O–H groups in total. The summed E-state index contributed by atoms with van der Waals surface area (Å²) in [4.78, 5) is 8.64. The third kappa shape index (κ3) is 3.39. The van der Waals surface area contributed by atoms with Gasteiger partial charge in [-0.3, -0.25) is 0 Å². The smallest absolute Gasteiger partial charge is 0.231 e. The number of fused-ring (bicyclic) bond motifs is 1. The molecule has 0 spiro atoms. The van der Waals surface area contributed by atoms with E-state index >= 15 is 0 Å². The fraction of sp³-hybridized carbons (Fsp3) is 0.375. The molecule has 22 heavy (non-hydrogen) atoms. The molecule has 116 valence electrons. The van der Waals surface area contributed by atoms with E-state index in [1.54, 1.807) is 0 Å². The van der Waals surface area contributed by atoms with E-state index in [4.69, 9.17) is 14.2 Å². The van der Waals surface area contributed by atoms with Gasteiger partial charge < -0.3 is 19.5 Å². The van der Waals surface area contributed by atoms with Crippen LogP contribution >= 0.6 is 0 Å². The van der Waals surface area contributed by atoms with Gasteiger partial charge >= 0.3 is 0 Å². The van der Waals surface area contributed by atoms with Crippen molar-refractivity contribution < 1.29 is 14.2 Å². The summed E-state index contributed by atoms with van der Waals surface area (Å²) in [7, 11) is 0. The first-order valence-corrected chi connectivity index (χ1v) is 7.35. The van der Waals surface area contributed by atoms with E-state index < -0.39 is 0 Å². The molecule has 6 heteroatoms. The summed E-state index contributed by atoms with van der Waals surface area (Å²) in [5.41, 5.74) is 1.09. The van der Waals surface area contributed by atoms with Crippen molar-refractivity contribution in [2.45, 2.75) is 26.8 Å². The summed E-state index contributed by atoms with van der Waals surface area (Å²) < 4.78 is 16.2. The molecular weight excluding hydrogens is 282 g/mol. The van der Waals surface area contributed by atoms with Crippen molar-refractivity contribution in [3.8, 4) is 17.4 Å². The van der Waals surface area contributed by atoms with E-state index in [1.165, 1.54) is 0 Å². The summed E-state index contributed by atoms with van der Waals surface area (Å²) >= 11 is 0. The molecule has 0 bridgehead atoms. The molecule has 0 saturated heterocycles. The molecule has 0 saturated carbocycles. The van der Waals surface area contributed by atoms with Crippen LogP contribution in [0.25, 0.3) is 0 Å². The Morgan fingerprint density at radius 1 is 1.18 bits per heavy atom. The van der Waals surface area contributed by atoms with Gasteiger partial charge in [0.2, 0.25) is 12.7 Å². The molecule has 0 fully saturated rings. The standard InChI is InChI=1S/C16H19N3O3/c1-3-6-20-16-8-15(18-11(2)19-16)17-9-12-4-5-13-14(7-12)22-10-21-13/h4-5,7-8H,3,6,9-10H2,1-2H3,(H,17,18,19). The second kappa shape index (κ2) is 6.51. The molecule has 0 atom stereocenters. The van der Waals surface area contributed by atoms with Crippen LogP contribution in [0.15, 0.2) is 24.3 Å². The van der Waals surface area contributed by atoms with Crippen molar-refractivity contribution in [2.24, 2.45) is 0 Å². The van der Waals surface area contributed by atoms with Gasteiger partial charge in [0, 0.05) is 12.6 Å². The number of benzene rings is 1. The van der Waals surface area contributed by atoms with E-state index in [1.807, 2.05) is 31.2 Å². The van der Waals surface area contributed by atoms with Gasteiger partial charge in [-0.15, -0.1) is 0 Å². The molecule has 1 aromatic carbocycles. The molecule has 0 unspecified atom stereocenters. The highest BCUT2D eigenvalue weighted by Crippen LogP contribution is 2.32. The van der Waals surface area contributed by atoms with Crippen LogP contribution in [0.4, 0.5) is 5.82 Å². The monoisotopic (exact) mass is 301 g/mol. The van der Waals surface area contributed by atoms with Crippen molar-refractivity contribution in [2.75, 3.05) is 18.7 Å². The Hall–Kier alpha value is -2.50. The maximum atomic E-state index is 5.56. The number of anilines is 1. The van der Waals surface area contributed by atoms with Gasteiger partial charge in [0.05, 0.1) is 6.61 Å². The van der Waals surface area contributed by atoms with Gasteiger partial charge in [-0.25, -0.2) is 4.98 Å². The summed E-state index contributed by atoms with van der Waals surface area (Å²) in [6, 6.07) is 7.71. The summed E-state index contributed by atoms with van der Waals surface area (Å²) in [6.07, 6.45) is 0.947. The average Bonchev–Trinajstić information content (AvgIpc) is 2.98. The van der Waals surface area contributed by atoms with Crippen molar-refractivity contribution in [3.05, 3.63) is 35.7 Å². The Morgan fingerprint density at radius 3 is 2.91 bits per heavy atom. The topological polar surface area (TPSA) is 65.5 Å². The number of nitrogens with zero attached hydrogens (tertiary/aromatic N) is 2. The highest BCUT2D eigenvalue weighted by molar-refractivity contribution is 5.46. The van der Waals surface area contributed by atoms with Crippen LogP contribution in [-0.2, 0) is 6.54 Å². The maximum Gasteiger partial charge on any atom is 0.231 e. The second-order valence-electron chi connectivity index (χ2n) is 5.03. The van der Waals surface area contributed by atoms with Crippen molar-refractivity contribution in [3.63, 3.8) is 0 Å². The number of ether oxygens (including phenoxy) is 3. The lowest BCUT2D eigenvalue weighted by molar-refractivity contribution is 0.174. The number of rotatable bonds is 6. The fourth-order valence-corrected chi connectivity index (χ4v) is 2.15. The van der Waals surface area contributed by atoms with Crippen LogP contribution < -0.4 is 19.5 Å². The predicted molar refractivity (Wildman–Crippen MR) is 82.4 cm³/mol. The SMILES string of the molecule is CCCOc1cc(NCc2ccc3c(c2)OCO3)nc(C)n1. The number of hydrogen-bond acceptors (Lipinski definition) is 6. The van der Waals surface area contributed by atoms with Crippen LogP contribution in [0, 0.1) is 6.92 Å². The highest BCUT2D eigenvalue weighted by Gasteiger charge is 2.13. The molecule has 3 rings (SSSR count). The first-order chi connectivity index (χ1) is 10.7. The third-order valence-corrected chi connectivity index (χ3v) is 3.18. The molecule has 6 nitrogen and oxygen atoms in total. The number of aryl methyl sites for hydroxylation is 1. The van der Waals surface area contributed by atoms with Crippen LogP contribution in [-0.4, -0.2) is 23.4 Å². The first-order valence-electron chi connectivity index (χ1n) is 7.35. The van der Waals surface area contributed by atoms with Gasteiger partial charge in [-0.2, -0.15) is 4.98 Å². The number of hydrogen-bond donors (Lipinski definition) is 1. The number of nitrogens with one attached hydrogen (secondary N) is 1. The molecule has 0 aliphatic carbocycles. The minimum absolute atomic E-state index is 0.287. The normalized spacial score (nSPS) is 12.3. The quantitative estimate of drug-likeness (QED) is 0.885. The zero-order valence-corrected chi connectivity index (χ0v) is 12.8. The molecule has 2 aromatic rings. The molecule has 0 amide bonds. The largest absolute Gasteiger partial charge is 0.478 e. The zero-order chi connectivity index (χ0) is 15.4. The predicted octanol–water partition coefficient (Wildman–Crippen LogP) is 2.91. The fourth-order valence-electron chi connectivity index (χ4n) is 2.15. The molecule has 1 aliphatic heterocycles. The highest BCUT2D eigenvalue weighted by atomic mass is 16.7. The summed E-state index contributed by atoms with van der Waals surface area (Å²) in [5, 5.41) is 3.28. The molecule has 1 aromatic heterocycles. The first kappa shape index (κ1) is 14.4. The van der Waals surface area contributed by atoms with Crippen LogP contribution in [0.5, 0.6) is 17.4 Å². The molecular formula is C16H19N3O3. The van der Waals surface area contributed by atoms with E-state index in [-0.39, 0.29) is 6.79 Å². The van der Waals surface area contributed by atoms with Crippen molar-refractivity contribution in [1.82, 2.24) is 9.97 Å². The second-order valence-corrected chi connectivity index (χ2v) is 5.03.